The Bertz CT molecular complexity index is 828. The third-order valence-corrected chi connectivity index (χ3v) is 4.25. The van der Waals surface area contributed by atoms with Gasteiger partial charge in [0.15, 0.2) is 17.3 Å². The Morgan fingerprint density at radius 3 is 2.61 bits per heavy atom. The molecule has 0 bridgehead atoms. The SMILES string of the molecule is CC(=O)c1ccc2c(c1)CCN2C(=O)c1ccc2c(c1)OCO2. The summed E-state index contributed by atoms with van der Waals surface area (Å²) in [6.07, 6.45) is 0.757. The van der Waals surface area contributed by atoms with Gasteiger partial charge in [0.2, 0.25) is 6.79 Å². The molecular formula is C18H15NO4. The Labute approximate surface area is 133 Å². The number of nitrogens with zero attached hydrogens (tertiary/aromatic N) is 1. The van der Waals surface area contributed by atoms with E-state index in [1.165, 1.54) is 0 Å². The van der Waals surface area contributed by atoms with Crippen molar-refractivity contribution in [3.8, 4) is 11.5 Å². The number of ether oxygens (including phenoxy) is 2. The minimum absolute atomic E-state index is 0.0355. The first-order chi connectivity index (χ1) is 11.1. The van der Waals surface area contributed by atoms with E-state index in [4.69, 9.17) is 9.47 Å². The van der Waals surface area contributed by atoms with Gasteiger partial charge in [-0.25, -0.2) is 0 Å². The van der Waals surface area contributed by atoms with Crippen molar-refractivity contribution in [2.24, 2.45) is 0 Å². The third-order valence-electron chi connectivity index (χ3n) is 4.25. The van der Waals surface area contributed by atoms with Gasteiger partial charge >= 0.3 is 0 Å². The van der Waals surface area contributed by atoms with E-state index in [2.05, 4.69) is 0 Å². The summed E-state index contributed by atoms with van der Waals surface area (Å²) < 4.78 is 10.6. The maximum absolute atomic E-state index is 12.8. The molecule has 0 aliphatic carbocycles. The molecular weight excluding hydrogens is 294 g/mol. The van der Waals surface area contributed by atoms with Crippen LogP contribution in [0.3, 0.4) is 0 Å². The van der Waals surface area contributed by atoms with Crippen molar-refractivity contribution in [1.29, 1.82) is 0 Å². The number of hydrogen-bond acceptors (Lipinski definition) is 4. The predicted octanol–water partition coefficient (Wildman–Crippen LogP) is 2.82. The maximum Gasteiger partial charge on any atom is 0.258 e. The first-order valence-electron chi connectivity index (χ1n) is 7.49. The maximum atomic E-state index is 12.8. The van der Waals surface area contributed by atoms with E-state index in [9.17, 15) is 9.59 Å². The number of fused-ring (bicyclic) bond motifs is 2. The lowest BCUT2D eigenvalue weighted by molar-refractivity contribution is 0.0987. The molecule has 0 spiro atoms. The van der Waals surface area contributed by atoms with Crippen LogP contribution in [0, 0.1) is 0 Å². The molecule has 2 aliphatic heterocycles. The molecule has 2 aromatic rings. The lowest BCUT2D eigenvalue weighted by atomic mass is 10.1. The smallest absolute Gasteiger partial charge is 0.258 e. The molecule has 5 heteroatoms. The van der Waals surface area contributed by atoms with Gasteiger partial charge in [-0.15, -0.1) is 0 Å². The fourth-order valence-electron chi connectivity index (χ4n) is 3.02. The number of Topliss-reactive ketones (excluding diaryl/α,β-unsaturated/α-hetero) is 1. The van der Waals surface area contributed by atoms with Gasteiger partial charge in [-0.3, -0.25) is 9.59 Å². The lowest BCUT2D eigenvalue weighted by Gasteiger charge is -2.17. The van der Waals surface area contributed by atoms with Crippen molar-refractivity contribution < 1.29 is 19.1 Å². The van der Waals surface area contributed by atoms with Gasteiger partial charge in [0.05, 0.1) is 0 Å². The van der Waals surface area contributed by atoms with E-state index in [0.717, 1.165) is 17.7 Å². The van der Waals surface area contributed by atoms with Crippen molar-refractivity contribution in [2.75, 3.05) is 18.2 Å². The number of benzene rings is 2. The lowest BCUT2D eigenvalue weighted by Crippen LogP contribution is -2.28. The number of carbonyl (C=O) groups excluding carboxylic acids is 2. The van der Waals surface area contributed by atoms with Crippen molar-refractivity contribution >= 4 is 17.4 Å². The van der Waals surface area contributed by atoms with Crippen LogP contribution in [0.25, 0.3) is 0 Å². The van der Waals surface area contributed by atoms with Gasteiger partial charge in [-0.05, 0) is 55.3 Å². The number of amides is 1. The third kappa shape index (κ3) is 2.25. The molecule has 4 rings (SSSR count). The highest BCUT2D eigenvalue weighted by Gasteiger charge is 2.27. The molecule has 0 unspecified atom stereocenters. The fraction of sp³-hybridized carbons (Fsp3) is 0.222. The molecule has 2 heterocycles. The van der Waals surface area contributed by atoms with Crippen LogP contribution >= 0.6 is 0 Å². The van der Waals surface area contributed by atoms with Gasteiger partial charge < -0.3 is 14.4 Å². The number of anilines is 1. The minimum Gasteiger partial charge on any atom is -0.454 e. The van der Waals surface area contributed by atoms with Gasteiger partial charge in [0.1, 0.15) is 0 Å². The van der Waals surface area contributed by atoms with E-state index in [1.807, 2.05) is 12.1 Å². The molecule has 0 fully saturated rings. The minimum atomic E-state index is -0.0716. The highest BCUT2D eigenvalue weighted by molar-refractivity contribution is 6.08. The molecule has 5 nitrogen and oxygen atoms in total. The summed E-state index contributed by atoms with van der Waals surface area (Å²) >= 11 is 0. The van der Waals surface area contributed by atoms with Crippen LogP contribution in [-0.4, -0.2) is 25.0 Å². The number of carbonyl (C=O) groups is 2. The van der Waals surface area contributed by atoms with Crippen LogP contribution in [0.15, 0.2) is 36.4 Å². The van der Waals surface area contributed by atoms with Crippen LogP contribution in [0.2, 0.25) is 0 Å². The summed E-state index contributed by atoms with van der Waals surface area (Å²) in [5, 5.41) is 0. The van der Waals surface area contributed by atoms with Crippen molar-refractivity contribution in [1.82, 2.24) is 0 Å². The molecule has 0 saturated carbocycles. The van der Waals surface area contributed by atoms with Gasteiger partial charge in [0.25, 0.3) is 5.91 Å². The zero-order valence-electron chi connectivity index (χ0n) is 12.7. The van der Waals surface area contributed by atoms with Crippen molar-refractivity contribution in [3.05, 3.63) is 53.1 Å². The molecule has 1 amide bonds. The van der Waals surface area contributed by atoms with Crippen LogP contribution in [0.4, 0.5) is 5.69 Å². The van der Waals surface area contributed by atoms with Crippen LogP contribution < -0.4 is 14.4 Å². The summed E-state index contributed by atoms with van der Waals surface area (Å²) in [6, 6.07) is 10.7. The molecule has 0 N–H and O–H groups in total. The first kappa shape index (κ1) is 13.8. The fourth-order valence-corrected chi connectivity index (χ4v) is 3.02. The largest absolute Gasteiger partial charge is 0.454 e. The Hall–Kier alpha value is -2.82. The zero-order chi connectivity index (χ0) is 16.0. The summed E-state index contributed by atoms with van der Waals surface area (Å²) in [5.74, 6) is 1.22. The molecule has 2 aromatic carbocycles. The Balaban J connectivity index is 1.65. The predicted molar refractivity (Wildman–Crippen MR) is 84.4 cm³/mol. The number of ketones is 1. The average Bonchev–Trinajstić information content (AvgIpc) is 3.19. The second kappa shape index (κ2) is 5.12. The highest BCUT2D eigenvalue weighted by Crippen LogP contribution is 2.35. The molecule has 0 aromatic heterocycles. The van der Waals surface area contributed by atoms with Crippen LogP contribution in [0.5, 0.6) is 11.5 Å². The Morgan fingerprint density at radius 1 is 1.00 bits per heavy atom. The summed E-state index contributed by atoms with van der Waals surface area (Å²) in [6.45, 7) is 2.35. The summed E-state index contributed by atoms with van der Waals surface area (Å²) in [5.41, 5.74) is 3.16. The van der Waals surface area contributed by atoms with E-state index in [1.54, 1.807) is 36.1 Å². The van der Waals surface area contributed by atoms with Gasteiger partial charge in [-0.1, -0.05) is 0 Å². The van der Waals surface area contributed by atoms with E-state index in [0.29, 0.717) is 29.2 Å². The van der Waals surface area contributed by atoms with E-state index in [-0.39, 0.29) is 18.5 Å². The molecule has 2 aliphatic rings. The van der Waals surface area contributed by atoms with E-state index < -0.39 is 0 Å². The quantitative estimate of drug-likeness (QED) is 0.801. The van der Waals surface area contributed by atoms with Crippen molar-refractivity contribution in [2.45, 2.75) is 13.3 Å². The average molecular weight is 309 g/mol. The molecule has 116 valence electrons. The van der Waals surface area contributed by atoms with Gasteiger partial charge in [0, 0.05) is 23.4 Å². The van der Waals surface area contributed by atoms with E-state index >= 15 is 0 Å². The highest BCUT2D eigenvalue weighted by atomic mass is 16.7. The van der Waals surface area contributed by atoms with Crippen LogP contribution in [-0.2, 0) is 6.42 Å². The Morgan fingerprint density at radius 2 is 1.78 bits per heavy atom. The summed E-state index contributed by atoms with van der Waals surface area (Å²) in [4.78, 5) is 26.0. The number of rotatable bonds is 2. The standard InChI is InChI=1S/C18H15NO4/c1-11(20)12-2-4-15-13(8-12)6-7-19(15)18(21)14-3-5-16-17(9-14)23-10-22-16/h2-5,8-9H,6-7,10H2,1H3. The van der Waals surface area contributed by atoms with Gasteiger partial charge in [-0.2, -0.15) is 0 Å². The number of hydrogen-bond donors (Lipinski definition) is 0. The van der Waals surface area contributed by atoms with Crippen molar-refractivity contribution in [3.63, 3.8) is 0 Å². The second-order valence-electron chi connectivity index (χ2n) is 5.67. The van der Waals surface area contributed by atoms with Crippen LogP contribution in [0.1, 0.15) is 33.2 Å². The molecule has 0 atom stereocenters. The molecule has 23 heavy (non-hydrogen) atoms. The normalized spacial score (nSPS) is 14.7. The zero-order valence-corrected chi connectivity index (χ0v) is 12.7. The molecule has 0 saturated heterocycles. The first-order valence-corrected chi connectivity index (χ1v) is 7.49. The topological polar surface area (TPSA) is 55.8 Å². The monoisotopic (exact) mass is 309 g/mol. The second-order valence-corrected chi connectivity index (χ2v) is 5.67. The molecule has 0 radical (unpaired) electrons. The summed E-state index contributed by atoms with van der Waals surface area (Å²) in [7, 11) is 0. The Kier molecular flexibility index (Phi) is 3.08.